The van der Waals surface area contributed by atoms with Crippen LogP contribution in [0.25, 0.3) is 65.3 Å². The molecule has 0 N–H and O–H groups in total. The third-order valence-corrected chi connectivity index (χ3v) is 7.34. The van der Waals surface area contributed by atoms with Crippen LogP contribution in [0.2, 0.25) is 0 Å². The van der Waals surface area contributed by atoms with Crippen LogP contribution in [-0.4, -0.2) is 7.11 Å². The molecule has 0 saturated heterocycles. The van der Waals surface area contributed by atoms with Gasteiger partial charge in [-0.3, -0.25) is 0 Å². The van der Waals surface area contributed by atoms with E-state index in [1.165, 1.54) is 54.2 Å². The van der Waals surface area contributed by atoms with Crippen molar-refractivity contribution < 1.29 is 4.74 Å². The van der Waals surface area contributed by atoms with Gasteiger partial charge in [-0.25, -0.2) is 0 Å². The van der Waals surface area contributed by atoms with Crippen molar-refractivity contribution in [2.24, 2.45) is 0 Å². The Hall–Kier alpha value is -4.62. The first-order chi connectivity index (χ1) is 17.8. The largest absolute Gasteiger partial charge is 0.496 e. The average molecular weight is 461 g/mol. The fraction of sp³-hybridized carbons (Fsp3) is 0.0286. The molecule has 7 aromatic rings. The van der Waals surface area contributed by atoms with Crippen molar-refractivity contribution in [1.82, 2.24) is 0 Å². The molecule has 0 unspecified atom stereocenters. The average Bonchev–Trinajstić information content (AvgIpc) is 2.96. The second-order valence-electron chi connectivity index (χ2n) is 9.30. The quantitative estimate of drug-likeness (QED) is 0.238. The molecule has 1 heteroatoms. The van der Waals surface area contributed by atoms with E-state index in [9.17, 15) is 0 Å². The zero-order valence-corrected chi connectivity index (χ0v) is 20.0. The number of fused-ring (bicyclic) bond motifs is 6. The zero-order valence-electron chi connectivity index (χ0n) is 20.0. The van der Waals surface area contributed by atoms with Gasteiger partial charge in [-0.15, -0.1) is 0 Å². The van der Waals surface area contributed by atoms with Crippen LogP contribution in [0.3, 0.4) is 0 Å². The van der Waals surface area contributed by atoms with E-state index in [0.717, 1.165) is 16.9 Å². The topological polar surface area (TPSA) is 9.23 Å². The van der Waals surface area contributed by atoms with Crippen LogP contribution >= 0.6 is 0 Å². The van der Waals surface area contributed by atoms with Crippen LogP contribution in [-0.2, 0) is 0 Å². The Balaban J connectivity index is 1.48. The highest BCUT2D eigenvalue weighted by atomic mass is 16.5. The minimum atomic E-state index is 0.880. The van der Waals surface area contributed by atoms with Gasteiger partial charge in [0.05, 0.1) is 7.11 Å². The normalized spacial score (nSPS) is 11.5. The van der Waals surface area contributed by atoms with Gasteiger partial charge in [0.25, 0.3) is 0 Å². The molecule has 0 aliphatic heterocycles. The molecule has 0 radical (unpaired) electrons. The summed E-state index contributed by atoms with van der Waals surface area (Å²) in [5.41, 5.74) is 4.67. The van der Waals surface area contributed by atoms with Gasteiger partial charge >= 0.3 is 0 Å². The molecule has 0 aliphatic carbocycles. The molecule has 0 saturated carbocycles. The summed E-state index contributed by atoms with van der Waals surface area (Å²) in [6.07, 6.45) is 0. The summed E-state index contributed by atoms with van der Waals surface area (Å²) in [7, 11) is 1.77. The Morgan fingerprint density at radius 1 is 0.389 bits per heavy atom. The molecule has 0 bridgehead atoms. The number of hydrogen-bond donors (Lipinski definition) is 0. The highest BCUT2D eigenvalue weighted by Gasteiger charge is 2.15. The van der Waals surface area contributed by atoms with Crippen molar-refractivity contribution in [3.8, 4) is 28.0 Å². The lowest BCUT2D eigenvalue weighted by Gasteiger charge is -2.16. The van der Waals surface area contributed by atoms with Gasteiger partial charge < -0.3 is 4.74 Å². The standard InChI is InChI=1S/C35H24O/c1-36-35-22-25(33-20-23-10-2-4-12-26(23)28-14-6-8-16-30(28)33)18-19-32(35)34-21-24-11-3-5-13-27(24)29-15-7-9-17-31(29)34/h2-22H,1H3. The molecule has 0 atom stereocenters. The van der Waals surface area contributed by atoms with Crippen molar-refractivity contribution in [3.63, 3.8) is 0 Å². The predicted octanol–water partition coefficient (Wildman–Crippen LogP) is 9.64. The van der Waals surface area contributed by atoms with Crippen molar-refractivity contribution in [1.29, 1.82) is 0 Å². The van der Waals surface area contributed by atoms with Crippen LogP contribution in [0.5, 0.6) is 5.75 Å². The van der Waals surface area contributed by atoms with Crippen molar-refractivity contribution in [3.05, 3.63) is 127 Å². The van der Waals surface area contributed by atoms with E-state index < -0.39 is 0 Å². The lowest BCUT2D eigenvalue weighted by molar-refractivity contribution is 0.416. The summed E-state index contributed by atoms with van der Waals surface area (Å²) >= 11 is 0. The number of ether oxygens (including phenoxy) is 1. The molecule has 170 valence electrons. The summed E-state index contributed by atoms with van der Waals surface area (Å²) in [6.45, 7) is 0. The summed E-state index contributed by atoms with van der Waals surface area (Å²) in [5.74, 6) is 0.880. The SMILES string of the molecule is COc1cc(-c2cc3ccccc3c3ccccc23)ccc1-c1cc2ccccc2c2ccccc12. The number of benzene rings is 7. The molecule has 36 heavy (non-hydrogen) atoms. The maximum Gasteiger partial charge on any atom is 0.127 e. The Morgan fingerprint density at radius 2 is 0.861 bits per heavy atom. The minimum Gasteiger partial charge on any atom is -0.496 e. The highest BCUT2D eigenvalue weighted by Crippen LogP contribution is 2.42. The van der Waals surface area contributed by atoms with Crippen LogP contribution in [0.15, 0.2) is 127 Å². The Labute approximate surface area is 210 Å². The lowest BCUT2D eigenvalue weighted by Crippen LogP contribution is -1.92. The third-order valence-electron chi connectivity index (χ3n) is 7.34. The van der Waals surface area contributed by atoms with Crippen molar-refractivity contribution in [2.75, 3.05) is 7.11 Å². The molecule has 0 spiro atoms. The van der Waals surface area contributed by atoms with E-state index in [1.54, 1.807) is 7.11 Å². The molecule has 0 aromatic heterocycles. The molecule has 1 nitrogen and oxygen atoms in total. The van der Waals surface area contributed by atoms with Gasteiger partial charge in [-0.2, -0.15) is 0 Å². The zero-order chi connectivity index (χ0) is 24.1. The fourth-order valence-electron chi connectivity index (χ4n) is 5.65. The molecule has 0 heterocycles. The maximum absolute atomic E-state index is 6.02. The highest BCUT2D eigenvalue weighted by molar-refractivity contribution is 6.15. The Bertz CT molecular complexity index is 1930. The van der Waals surface area contributed by atoms with Crippen LogP contribution in [0, 0.1) is 0 Å². The van der Waals surface area contributed by atoms with E-state index in [0.29, 0.717) is 0 Å². The molecule has 7 rings (SSSR count). The minimum absolute atomic E-state index is 0.880. The van der Waals surface area contributed by atoms with E-state index in [4.69, 9.17) is 4.74 Å². The van der Waals surface area contributed by atoms with E-state index in [1.807, 2.05) is 0 Å². The maximum atomic E-state index is 6.02. The first-order valence-electron chi connectivity index (χ1n) is 12.3. The van der Waals surface area contributed by atoms with E-state index in [-0.39, 0.29) is 0 Å². The van der Waals surface area contributed by atoms with Gasteiger partial charge in [0.1, 0.15) is 5.75 Å². The van der Waals surface area contributed by atoms with Crippen LogP contribution in [0.4, 0.5) is 0 Å². The van der Waals surface area contributed by atoms with Crippen molar-refractivity contribution in [2.45, 2.75) is 0 Å². The smallest absolute Gasteiger partial charge is 0.127 e. The number of rotatable bonds is 3. The summed E-state index contributed by atoms with van der Waals surface area (Å²) < 4.78 is 6.02. The summed E-state index contributed by atoms with van der Waals surface area (Å²) in [4.78, 5) is 0. The van der Waals surface area contributed by atoms with Gasteiger partial charge in [-0.05, 0) is 78.0 Å². The molecular formula is C35H24O. The van der Waals surface area contributed by atoms with Crippen LogP contribution in [0.1, 0.15) is 0 Å². The lowest BCUT2D eigenvalue weighted by atomic mass is 9.90. The Kier molecular flexibility index (Phi) is 4.75. The molecule has 7 aromatic carbocycles. The molecular weight excluding hydrogens is 436 g/mol. The first kappa shape index (κ1) is 20.7. The van der Waals surface area contributed by atoms with Gasteiger partial charge in [-0.1, -0.05) is 109 Å². The predicted molar refractivity (Wildman–Crippen MR) is 154 cm³/mol. The molecule has 0 fully saturated rings. The van der Waals surface area contributed by atoms with Gasteiger partial charge in [0, 0.05) is 5.56 Å². The van der Waals surface area contributed by atoms with E-state index in [2.05, 4.69) is 127 Å². The summed E-state index contributed by atoms with van der Waals surface area (Å²) in [5, 5.41) is 10.1. The fourth-order valence-corrected chi connectivity index (χ4v) is 5.65. The Morgan fingerprint density at radius 3 is 1.44 bits per heavy atom. The number of methoxy groups -OCH3 is 1. The van der Waals surface area contributed by atoms with Gasteiger partial charge in [0.2, 0.25) is 0 Å². The number of hydrogen-bond acceptors (Lipinski definition) is 1. The van der Waals surface area contributed by atoms with Crippen LogP contribution < -0.4 is 4.74 Å². The van der Waals surface area contributed by atoms with Gasteiger partial charge in [0.15, 0.2) is 0 Å². The van der Waals surface area contributed by atoms with E-state index >= 15 is 0 Å². The molecule has 0 aliphatic rings. The first-order valence-corrected chi connectivity index (χ1v) is 12.3. The second kappa shape index (κ2) is 8.25. The third kappa shape index (κ3) is 3.17. The summed E-state index contributed by atoms with van der Waals surface area (Å²) in [6, 6.07) is 45.8. The van der Waals surface area contributed by atoms with Crippen molar-refractivity contribution >= 4 is 43.1 Å². The molecule has 0 amide bonds. The second-order valence-corrected chi connectivity index (χ2v) is 9.30. The monoisotopic (exact) mass is 460 g/mol.